The topological polar surface area (TPSA) is 69.6 Å². The number of aromatic nitrogens is 1. The van der Waals surface area contributed by atoms with Gasteiger partial charge in [0, 0.05) is 42.9 Å². The van der Waals surface area contributed by atoms with Crippen molar-refractivity contribution in [3.63, 3.8) is 0 Å². The number of rotatable bonds is 6. The fourth-order valence-electron chi connectivity index (χ4n) is 2.78. The summed E-state index contributed by atoms with van der Waals surface area (Å²) >= 11 is 1.70. The summed E-state index contributed by atoms with van der Waals surface area (Å²) in [4.78, 5) is 23.4. The number of amides is 1. The Balaban J connectivity index is 0.00000338. The van der Waals surface area contributed by atoms with E-state index in [4.69, 9.17) is 0 Å². The molecule has 1 amide bonds. The maximum absolute atomic E-state index is 12.1. The van der Waals surface area contributed by atoms with Gasteiger partial charge in [-0.05, 0) is 13.3 Å². The number of aliphatic imine (C=N–C) groups is 1. The van der Waals surface area contributed by atoms with E-state index in [9.17, 15) is 4.79 Å². The quantitative estimate of drug-likeness (QED) is 0.363. The molecule has 6 nitrogen and oxygen atoms in total. The molecular formula is C18H32IN5OS. The molecule has 0 radical (unpaired) electrons. The van der Waals surface area contributed by atoms with Crippen molar-refractivity contribution in [2.75, 3.05) is 19.6 Å². The normalized spacial score (nSPS) is 17.6. The van der Waals surface area contributed by atoms with Crippen LogP contribution in [-0.4, -0.2) is 47.4 Å². The third kappa shape index (κ3) is 6.68. The van der Waals surface area contributed by atoms with Gasteiger partial charge in [0.1, 0.15) is 0 Å². The van der Waals surface area contributed by atoms with Crippen LogP contribution in [0.2, 0.25) is 0 Å². The van der Waals surface area contributed by atoms with Crippen LogP contribution in [0.4, 0.5) is 0 Å². The van der Waals surface area contributed by atoms with Gasteiger partial charge in [-0.3, -0.25) is 4.79 Å². The number of hydrogen-bond donors (Lipinski definition) is 2. The lowest BCUT2D eigenvalue weighted by Gasteiger charge is -2.20. The van der Waals surface area contributed by atoms with E-state index >= 15 is 0 Å². The van der Waals surface area contributed by atoms with Gasteiger partial charge in [-0.25, -0.2) is 9.98 Å². The van der Waals surface area contributed by atoms with E-state index in [0.717, 1.165) is 42.7 Å². The molecular weight excluding hydrogens is 461 g/mol. The highest BCUT2D eigenvalue weighted by Gasteiger charge is 2.27. The molecule has 2 heterocycles. The Hall–Kier alpha value is -0.900. The summed E-state index contributed by atoms with van der Waals surface area (Å²) in [7, 11) is 0. The smallest absolute Gasteiger partial charge is 0.225 e. The van der Waals surface area contributed by atoms with Crippen LogP contribution in [0.25, 0.3) is 0 Å². The molecule has 0 spiro atoms. The molecule has 0 saturated carbocycles. The number of nitrogens with zero attached hydrogens (tertiary/aromatic N) is 3. The fraction of sp³-hybridized carbons (Fsp3) is 0.722. The van der Waals surface area contributed by atoms with Crippen LogP contribution in [0, 0.1) is 5.92 Å². The van der Waals surface area contributed by atoms with Crippen LogP contribution in [0.3, 0.4) is 0 Å². The zero-order chi connectivity index (χ0) is 18.4. The first-order chi connectivity index (χ1) is 11.9. The number of thiazole rings is 1. The SMILES string of the molecule is CCNC(=NCc1csc(C(C)C)n1)NC1CCN(C(=O)C(C)C)C1.I. The zero-order valence-electron chi connectivity index (χ0n) is 16.4. The second kappa shape index (κ2) is 11.1. The Bertz CT molecular complexity index is 602. The standard InChI is InChI=1S/C18H31N5OS.HI/c1-6-19-18(20-9-15-11-25-16(21-15)12(2)3)22-14-7-8-23(10-14)17(24)13(4)5;/h11-14H,6-10H2,1-5H3,(H2,19,20,22);1H. The largest absolute Gasteiger partial charge is 0.357 e. The number of likely N-dealkylation sites (tertiary alicyclic amines) is 1. The molecule has 1 atom stereocenters. The van der Waals surface area contributed by atoms with E-state index in [0.29, 0.717) is 12.5 Å². The Morgan fingerprint density at radius 1 is 1.42 bits per heavy atom. The van der Waals surface area contributed by atoms with Crippen LogP contribution in [0.5, 0.6) is 0 Å². The summed E-state index contributed by atoms with van der Waals surface area (Å²) in [5, 5.41) is 9.99. The van der Waals surface area contributed by atoms with E-state index in [-0.39, 0.29) is 41.8 Å². The molecule has 148 valence electrons. The van der Waals surface area contributed by atoms with Crippen molar-refractivity contribution in [1.29, 1.82) is 0 Å². The zero-order valence-corrected chi connectivity index (χ0v) is 19.6. The highest BCUT2D eigenvalue weighted by atomic mass is 127. The molecule has 0 aromatic carbocycles. The van der Waals surface area contributed by atoms with Crippen molar-refractivity contribution in [3.8, 4) is 0 Å². The van der Waals surface area contributed by atoms with Crippen LogP contribution in [0.1, 0.15) is 57.7 Å². The predicted octanol–water partition coefficient (Wildman–Crippen LogP) is 3.20. The molecule has 1 aromatic rings. The molecule has 1 fully saturated rings. The summed E-state index contributed by atoms with van der Waals surface area (Å²) in [5.74, 6) is 1.54. The first kappa shape index (κ1) is 23.1. The minimum Gasteiger partial charge on any atom is -0.357 e. The minimum atomic E-state index is 0. The molecule has 1 aliphatic heterocycles. The summed E-state index contributed by atoms with van der Waals surface area (Å²) in [6.45, 7) is 13.2. The third-order valence-electron chi connectivity index (χ3n) is 4.14. The summed E-state index contributed by atoms with van der Waals surface area (Å²) in [5.41, 5.74) is 1.01. The second-order valence-corrected chi connectivity index (χ2v) is 7.99. The number of guanidine groups is 1. The lowest BCUT2D eigenvalue weighted by atomic mass is 10.2. The van der Waals surface area contributed by atoms with E-state index < -0.39 is 0 Å². The molecule has 0 aliphatic carbocycles. The average molecular weight is 493 g/mol. The lowest BCUT2D eigenvalue weighted by molar-refractivity contribution is -0.133. The van der Waals surface area contributed by atoms with Crippen molar-refractivity contribution < 1.29 is 4.79 Å². The van der Waals surface area contributed by atoms with Gasteiger partial charge in [-0.2, -0.15) is 0 Å². The van der Waals surface area contributed by atoms with E-state index in [1.165, 1.54) is 0 Å². The van der Waals surface area contributed by atoms with Crippen molar-refractivity contribution in [2.45, 2.75) is 59.5 Å². The van der Waals surface area contributed by atoms with Crippen molar-refractivity contribution in [3.05, 3.63) is 16.1 Å². The van der Waals surface area contributed by atoms with E-state index in [1.807, 2.05) is 18.7 Å². The molecule has 2 N–H and O–H groups in total. The van der Waals surface area contributed by atoms with Gasteiger partial charge in [0.25, 0.3) is 0 Å². The number of halogens is 1. The monoisotopic (exact) mass is 493 g/mol. The Morgan fingerprint density at radius 2 is 2.15 bits per heavy atom. The maximum Gasteiger partial charge on any atom is 0.225 e. The van der Waals surface area contributed by atoms with Gasteiger partial charge in [0.15, 0.2) is 5.96 Å². The first-order valence-corrected chi connectivity index (χ1v) is 10.1. The van der Waals surface area contributed by atoms with Gasteiger partial charge >= 0.3 is 0 Å². The van der Waals surface area contributed by atoms with E-state index in [1.54, 1.807) is 11.3 Å². The highest BCUT2D eigenvalue weighted by Crippen LogP contribution is 2.19. The van der Waals surface area contributed by atoms with Gasteiger partial charge in [-0.15, -0.1) is 35.3 Å². The van der Waals surface area contributed by atoms with Crippen LogP contribution in [-0.2, 0) is 11.3 Å². The van der Waals surface area contributed by atoms with Crippen molar-refractivity contribution in [1.82, 2.24) is 20.5 Å². The molecule has 1 aromatic heterocycles. The van der Waals surface area contributed by atoms with Gasteiger partial charge < -0.3 is 15.5 Å². The number of nitrogens with one attached hydrogen (secondary N) is 2. The molecule has 1 saturated heterocycles. The lowest BCUT2D eigenvalue weighted by Crippen LogP contribution is -2.45. The number of carbonyl (C=O) groups is 1. The predicted molar refractivity (Wildman–Crippen MR) is 119 cm³/mol. The molecule has 2 rings (SSSR count). The molecule has 1 unspecified atom stereocenters. The van der Waals surface area contributed by atoms with Gasteiger partial charge in [0.2, 0.25) is 5.91 Å². The summed E-state index contributed by atoms with van der Waals surface area (Å²) in [6, 6.07) is 0.252. The van der Waals surface area contributed by atoms with Crippen LogP contribution < -0.4 is 10.6 Å². The van der Waals surface area contributed by atoms with Crippen LogP contribution in [0.15, 0.2) is 10.4 Å². The summed E-state index contributed by atoms with van der Waals surface area (Å²) < 4.78 is 0. The Morgan fingerprint density at radius 3 is 2.73 bits per heavy atom. The Labute approximate surface area is 178 Å². The number of carbonyl (C=O) groups excluding carboxylic acids is 1. The Kier molecular flexibility index (Phi) is 9.84. The molecule has 0 bridgehead atoms. The van der Waals surface area contributed by atoms with Crippen molar-refractivity contribution >= 4 is 47.2 Å². The summed E-state index contributed by atoms with van der Waals surface area (Å²) in [6.07, 6.45) is 0.955. The van der Waals surface area contributed by atoms with Crippen LogP contribution >= 0.6 is 35.3 Å². The molecule has 26 heavy (non-hydrogen) atoms. The highest BCUT2D eigenvalue weighted by molar-refractivity contribution is 14.0. The molecule has 1 aliphatic rings. The molecule has 8 heteroatoms. The number of hydrogen-bond acceptors (Lipinski definition) is 4. The average Bonchev–Trinajstić information content (AvgIpc) is 3.21. The third-order valence-corrected chi connectivity index (χ3v) is 5.34. The van der Waals surface area contributed by atoms with E-state index in [2.05, 4.69) is 46.8 Å². The van der Waals surface area contributed by atoms with Gasteiger partial charge in [0.05, 0.1) is 17.2 Å². The fourth-order valence-corrected chi connectivity index (χ4v) is 3.60. The minimum absolute atomic E-state index is 0. The maximum atomic E-state index is 12.1. The second-order valence-electron chi connectivity index (χ2n) is 7.10. The van der Waals surface area contributed by atoms with Crippen molar-refractivity contribution in [2.24, 2.45) is 10.9 Å². The van der Waals surface area contributed by atoms with Gasteiger partial charge in [-0.1, -0.05) is 27.7 Å². The first-order valence-electron chi connectivity index (χ1n) is 9.18.